The lowest BCUT2D eigenvalue weighted by Crippen LogP contribution is -2.54. The molecule has 0 radical (unpaired) electrons. The van der Waals surface area contributed by atoms with Gasteiger partial charge >= 0.3 is 6.16 Å². The first kappa shape index (κ1) is 19.6. The highest BCUT2D eigenvalue weighted by Crippen LogP contribution is 2.41. The Bertz CT molecular complexity index is 1060. The number of carbonyl (C=O) groups is 1. The average molecular weight is 411 g/mol. The number of hydrogen-bond acceptors (Lipinski definition) is 5. The third kappa shape index (κ3) is 3.31. The average Bonchev–Trinajstić information content (AvgIpc) is 3.45. The summed E-state index contributed by atoms with van der Waals surface area (Å²) in [5.41, 5.74) is -2.10. The molecule has 7 nitrogen and oxygen atoms in total. The summed E-state index contributed by atoms with van der Waals surface area (Å²) in [4.78, 5) is 24.9. The molecular formula is C19H20F3N3O4. The van der Waals surface area contributed by atoms with Crippen LogP contribution in [0.5, 0.6) is 5.75 Å². The van der Waals surface area contributed by atoms with E-state index < -0.39 is 45.9 Å². The number of pyridine rings is 1. The molecule has 1 saturated heterocycles. The second-order valence-corrected chi connectivity index (χ2v) is 7.72. The Morgan fingerprint density at radius 1 is 1.14 bits per heavy atom. The molecule has 1 aromatic heterocycles. The van der Waals surface area contributed by atoms with E-state index in [2.05, 4.69) is 10.1 Å². The maximum atomic E-state index is 15.6. The van der Waals surface area contributed by atoms with Crippen molar-refractivity contribution in [3.8, 4) is 5.75 Å². The lowest BCUT2D eigenvalue weighted by Gasteiger charge is -2.38. The van der Waals surface area contributed by atoms with Crippen LogP contribution in [0.25, 0.3) is 10.9 Å². The molecule has 0 unspecified atom stereocenters. The van der Waals surface area contributed by atoms with Gasteiger partial charge < -0.3 is 24.6 Å². The predicted octanol–water partition coefficient (Wildman–Crippen LogP) is 3.00. The van der Waals surface area contributed by atoms with Crippen LogP contribution in [0.1, 0.15) is 32.7 Å². The van der Waals surface area contributed by atoms with Crippen LogP contribution in [0.15, 0.2) is 11.0 Å². The number of nitrogens with one attached hydrogen (secondary N) is 1. The zero-order valence-electron chi connectivity index (χ0n) is 15.8. The van der Waals surface area contributed by atoms with E-state index in [4.69, 9.17) is 5.11 Å². The standard InChI is InChI=1S/C19H20F3N3O4/c1-8-5-24(6-9(2)23-8)17-14(21)13(20)12-16(15(17)22)25(10-3-4-10)7-11(18(12)26)29-19(27)28/h7-10,23H,3-6H2,1-2H3,(H,27,28)/t8-,9+. The molecule has 0 bridgehead atoms. The van der Waals surface area contributed by atoms with E-state index in [9.17, 15) is 14.0 Å². The summed E-state index contributed by atoms with van der Waals surface area (Å²) in [6.45, 7) is 4.23. The fourth-order valence-electron chi connectivity index (χ4n) is 4.05. The van der Waals surface area contributed by atoms with Crippen molar-refractivity contribution in [1.82, 2.24) is 9.88 Å². The van der Waals surface area contributed by atoms with Crippen LogP contribution >= 0.6 is 0 Å². The number of rotatable bonds is 3. The molecule has 2 aliphatic rings. The van der Waals surface area contributed by atoms with Crippen LogP contribution in [0, 0.1) is 17.5 Å². The predicted molar refractivity (Wildman–Crippen MR) is 99.3 cm³/mol. The minimum Gasteiger partial charge on any atom is -0.449 e. The van der Waals surface area contributed by atoms with Crippen molar-refractivity contribution in [3.05, 3.63) is 33.9 Å². The van der Waals surface area contributed by atoms with Crippen LogP contribution < -0.4 is 20.4 Å². The summed E-state index contributed by atoms with van der Waals surface area (Å²) in [7, 11) is 0. The highest BCUT2D eigenvalue weighted by atomic mass is 19.2. The first-order valence-electron chi connectivity index (χ1n) is 9.36. The molecule has 0 spiro atoms. The smallest absolute Gasteiger partial charge is 0.449 e. The Balaban J connectivity index is 2.01. The maximum Gasteiger partial charge on any atom is 0.511 e. The van der Waals surface area contributed by atoms with Crippen molar-refractivity contribution in [2.75, 3.05) is 18.0 Å². The largest absolute Gasteiger partial charge is 0.511 e. The number of aromatic nitrogens is 1. The van der Waals surface area contributed by atoms with Gasteiger partial charge in [0.15, 0.2) is 23.2 Å². The highest BCUT2D eigenvalue weighted by Gasteiger charge is 2.34. The number of piperazine rings is 1. The molecule has 2 N–H and O–H groups in total. The van der Waals surface area contributed by atoms with E-state index in [1.165, 1.54) is 9.47 Å². The van der Waals surface area contributed by atoms with Crippen LogP contribution in [-0.4, -0.2) is 41.0 Å². The first-order valence-corrected chi connectivity index (χ1v) is 9.36. The molecule has 2 fully saturated rings. The number of halogens is 3. The van der Waals surface area contributed by atoms with E-state index in [1.807, 2.05) is 13.8 Å². The Labute approximate surface area is 163 Å². The number of carboxylic acid groups (broad SMARTS) is 1. The van der Waals surface area contributed by atoms with Gasteiger partial charge in [0.2, 0.25) is 5.43 Å². The van der Waals surface area contributed by atoms with Crippen molar-refractivity contribution in [3.63, 3.8) is 0 Å². The summed E-state index contributed by atoms with van der Waals surface area (Å²) in [6, 6.07) is -0.399. The van der Waals surface area contributed by atoms with Crippen LogP contribution in [0.3, 0.4) is 0 Å². The molecule has 156 valence electrons. The number of nitrogens with zero attached hydrogens (tertiary/aromatic N) is 2. The number of benzene rings is 1. The van der Waals surface area contributed by atoms with Crippen LogP contribution in [0.2, 0.25) is 0 Å². The molecule has 1 aliphatic carbocycles. The van der Waals surface area contributed by atoms with Gasteiger partial charge in [0.1, 0.15) is 5.69 Å². The summed E-state index contributed by atoms with van der Waals surface area (Å²) in [6.07, 6.45) is 0.564. The van der Waals surface area contributed by atoms with Gasteiger partial charge in [0.05, 0.1) is 17.1 Å². The van der Waals surface area contributed by atoms with Gasteiger partial charge in [-0.1, -0.05) is 0 Å². The zero-order chi connectivity index (χ0) is 21.0. The number of anilines is 1. The molecule has 29 heavy (non-hydrogen) atoms. The third-order valence-corrected chi connectivity index (χ3v) is 5.25. The molecule has 1 aromatic carbocycles. The lowest BCUT2D eigenvalue weighted by molar-refractivity contribution is 0.143. The molecule has 10 heteroatoms. The summed E-state index contributed by atoms with van der Waals surface area (Å²) in [5, 5.41) is 11.2. The van der Waals surface area contributed by atoms with Crippen molar-refractivity contribution in [2.45, 2.75) is 44.8 Å². The Morgan fingerprint density at radius 2 is 1.76 bits per heavy atom. The van der Waals surface area contributed by atoms with Gasteiger partial charge in [0.25, 0.3) is 0 Å². The minimum absolute atomic E-state index is 0.0757. The highest BCUT2D eigenvalue weighted by molar-refractivity contribution is 5.86. The van der Waals surface area contributed by atoms with Gasteiger partial charge in [-0.2, -0.15) is 0 Å². The SMILES string of the molecule is C[C@@H]1CN(c2c(F)c(F)c3c(=O)c(OC(=O)O)cn(C4CC4)c3c2F)C[C@H](C)N1. The quantitative estimate of drug-likeness (QED) is 0.597. The molecule has 2 heterocycles. The minimum atomic E-state index is -1.77. The summed E-state index contributed by atoms with van der Waals surface area (Å²) < 4.78 is 51.3. The molecule has 2 atom stereocenters. The normalized spacial score (nSPS) is 22.2. The fraction of sp³-hybridized carbons (Fsp3) is 0.474. The molecule has 2 aromatic rings. The maximum absolute atomic E-state index is 15.6. The Kier molecular flexibility index (Phi) is 4.68. The van der Waals surface area contributed by atoms with E-state index in [0.29, 0.717) is 12.8 Å². The number of fused-ring (bicyclic) bond motifs is 1. The van der Waals surface area contributed by atoms with Crippen LogP contribution in [-0.2, 0) is 0 Å². The number of ether oxygens (including phenoxy) is 1. The molecule has 0 amide bonds. The molecule has 1 saturated carbocycles. The van der Waals surface area contributed by atoms with E-state index >= 15 is 8.78 Å². The lowest BCUT2D eigenvalue weighted by atomic mass is 10.1. The van der Waals surface area contributed by atoms with Gasteiger partial charge in [-0.05, 0) is 26.7 Å². The van der Waals surface area contributed by atoms with Gasteiger partial charge in [-0.15, -0.1) is 0 Å². The van der Waals surface area contributed by atoms with Crippen molar-refractivity contribution in [2.24, 2.45) is 0 Å². The zero-order valence-corrected chi connectivity index (χ0v) is 15.8. The van der Waals surface area contributed by atoms with Gasteiger partial charge in [0, 0.05) is 31.2 Å². The monoisotopic (exact) mass is 411 g/mol. The Hall–Kier alpha value is -2.75. The second-order valence-electron chi connectivity index (χ2n) is 7.72. The van der Waals surface area contributed by atoms with E-state index in [-0.39, 0.29) is 36.7 Å². The van der Waals surface area contributed by atoms with Gasteiger partial charge in [-0.25, -0.2) is 18.0 Å². The van der Waals surface area contributed by atoms with Crippen LogP contribution in [0.4, 0.5) is 23.7 Å². The van der Waals surface area contributed by atoms with Crippen molar-refractivity contribution in [1.29, 1.82) is 0 Å². The summed E-state index contributed by atoms with van der Waals surface area (Å²) >= 11 is 0. The Morgan fingerprint density at radius 3 is 2.31 bits per heavy atom. The molecular weight excluding hydrogens is 391 g/mol. The molecule has 4 rings (SSSR count). The van der Waals surface area contributed by atoms with Gasteiger partial charge in [-0.3, -0.25) is 4.79 Å². The first-order chi connectivity index (χ1) is 13.7. The van der Waals surface area contributed by atoms with Crippen molar-refractivity contribution >= 4 is 22.7 Å². The van der Waals surface area contributed by atoms with E-state index in [0.717, 1.165) is 6.20 Å². The third-order valence-electron chi connectivity index (χ3n) is 5.25. The van der Waals surface area contributed by atoms with Crippen molar-refractivity contribution < 1.29 is 27.8 Å². The fourth-order valence-corrected chi connectivity index (χ4v) is 4.05. The topological polar surface area (TPSA) is 83.8 Å². The second kappa shape index (κ2) is 6.94. The molecule has 1 aliphatic heterocycles. The number of hydrogen-bond donors (Lipinski definition) is 2. The van der Waals surface area contributed by atoms with E-state index in [1.54, 1.807) is 0 Å². The summed E-state index contributed by atoms with van der Waals surface area (Å²) in [5.74, 6) is -4.70.